The Bertz CT molecular complexity index is 825. The summed E-state index contributed by atoms with van der Waals surface area (Å²) < 4.78 is 12.9. The molecule has 2 aromatic carbocycles. The standard InChI is InChI=1S/C17H10Cl2FNS/c18-13-5-1-11(15(19)9-13)4-8-17-21-16(10-22-17)12-2-6-14(20)7-3-12/h1-10H. The van der Waals surface area contributed by atoms with Crippen molar-refractivity contribution in [3.05, 3.63) is 74.3 Å². The number of rotatable bonds is 3. The predicted octanol–water partition coefficient (Wildman–Crippen LogP) is 6.43. The Labute approximate surface area is 141 Å². The average molecular weight is 350 g/mol. The van der Waals surface area contributed by atoms with E-state index in [1.54, 1.807) is 24.3 Å². The zero-order valence-electron chi connectivity index (χ0n) is 11.3. The topological polar surface area (TPSA) is 12.9 Å². The number of hydrogen-bond donors (Lipinski definition) is 0. The summed E-state index contributed by atoms with van der Waals surface area (Å²) >= 11 is 13.5. The molecule has 22 heavy (non-hydrogen) atoms. The first kappa shape index (κ1) is 15.2. The van der Waals surface area contributed by atoms with Gasteiger partial charge in [0.1, 0.15) is 10.8 Å². The molecule has 0 aliphatic rings. The van der Waals surface area contributed by atoms with Gasteiger partial charge in [-0.1, -0.05) is 35.3 Å². The van der Waals surface area contributed by atoms with Gasteiger partial charge in [-0.25, -0.2) is 9.37 Å². The summed E-state index contributed by atoms with van der Waals surface area (Å²) in [5.74, 6) is -0.253. The molecule has 3 rings (SSSR count). The number of benzene rings is 2. The highest BCUT2D eigenvalue weighted by molar-refractivity contribution is 7.10. The third kappa shape index (κ3) is 3.55. The van der Waals surface area contributed by atoms with Crippen LogP contribution in [0.1, 0.15) is 10.6 Å². The molecule has 0 fully saturated rings. The highest BCUT2D eigenvalue weighted by Crippen LogP contribution is 2.25. The van der Waals surface area contributed by atoms with E-state index in [4.69, 9.17) is 23.2 Å². The summed E-state index contributed by atoms with van der Waals surface area (Å²) in [6.07, 6.45) is 3.79. The van der Waals surface area contributed by atoms with Gasteiger partial charge in [-0.2, -0.15) is 0 Å². The minimum absolute atomic E-state index is 0.253. The van der Waals surface area contributed by atoms with E-state index in [2.05, 4.69) is 4.98 Å². The zero-order valence-corrected chi connectivity index (χ0v) is 13.6. The van der Waals surface area contributed by atoms with Crippen molar-refractivity contribution in [2.24, 2.45) is 0 Å². The minimum Gasteiger partial charge on any atom is -0.237 e. The number of aromatic nitrogens is 1. The molecular formula is C17H10Cl2FNS. The maximum Gasteiger partial charge on any atom is 0.123 e. The fourth-order valence-corrected chi connectivity index (χ4v) is 3.11. The third-order valence-corrected chi connectivity index (χ3v) is 4.40. The molecule has 110 valence electrons. The molecule has 3 aromatic rings. The van der Waals surface area contributed by atoms with Crippen LogP contribution in [-0.4, -0.2) is 4.98 Å². The van der Waals surface area contributed by atoms with Gasteiger partial charge < -0.3 is 0 Å². The van der Waals surface area contributed by atoms with Crippen LogP contribution in [0.15, 0.2) is 47.8 Å². The number of halogens is 3. The van der Waals surface area contributed by atoms with Gasteiger partial charge in [0.2, 0.25) is 0 Å². The fourth-order valence-electron chi connectivity index (χ4n) is 1.92. The summed E-state index contributed by atoms with van der Waals surface area (Å²) in [5, 5.41) is 4.00. The van der Waals surface area contributed by atoms with E-state index in [0.717, 1.165) is 21.8 Å². The van der Waals surface area contributed by atoms with Crippen molar-refractivity contribution in [1.29, 1.82) is 0 Å². The number of nitrogens with zero attached hydrogens (tertiary/aromatic N) is 1. The third-order valence-electron chi connectivity index (χ3n) is 3.03. The van der Waals surface area contributed by atoms with E-state index in [-0.39, 0.29) is 5.82 Å². The smallest absolute Gasteiger partial charge is 0.123 e. The first-order valence-electron chi connectivity index (χ1n) is 6.46. The molecule has 0 unspecified atom stereocenters. The molecule has 0 bridgehead atoms. The van der Waals surface area contributed by atoms with Gasteiger partial charge in [0, 0.05) is 21.0 Å². The molecule has 0 aliphatic heterocycles. The van der Waals surface area contributed by atoms with Gasteiger partial charge in [-0.05, 0) is 48.0 Å². The van der Waals surface area contributed by atoms with Crippen LogP contribution in [0.4, 0.5) is 4.39 Å². The monoisotopic (exact) mass is 349 g/mol. The molecule has 0 N–H and O–H groups in total. The van der Waals surface area contributed by atoms with Crippen LogP contribution in [0.2, 0.25) is 10.0 Å². The minimum atomic E-state index is -0.253. The van der Waals surface area contributed by atoms with Crippen LogP contribution in [0.3, 0.4) is 0 Å². The summed E-state index contributed by atoms with van der Waals surface area (Å²) in [4.78, 5) is 4.51. The zero-order chi connectivity index (χ0) is 15.5. The lowest BCUT2D eigenvalue weighted by Gasteiger charge is -1.98. The molecular weight excluding hydrogens is 340 g/mol. The van der Waals surface area contributed by atoms with Crippen molar-refractivity contribution in [1.82, 2.24) is 4.98 Å². The largest absolute Gasteiger partial charge is 0.237 e. The molecule has 0 aliphatic carbocycles. The maximum atomic E-state index is 12.9. The Kier molecular flexibility index (Phi) is 4.57. The van der Waals surface area contributed by atoms with Crippen LogP contribution >= 0.6 is 34.5 Å². The van der Waals surface area contributed by atoms with Gasteiger partial charge in [0.05, 0.1) is 5.69 Å². The lowest BCUT2D eigenvalue weighted by Crippen LogP contribution is -1.79. The molecule has 0 saturated heterocycles. The van der Waals surface area contributed by atoms with Gasteiger partial charge in [0.25, 0.3) is 0 Å². The van der Waals surface area contributed by atoms with Crippen LogP contribution < -0.4 is 0 Å². The summed E-state index contributed by atoms with van der Waals surface area (Å²) in [5.41, 5.74) is 2.60. The van der Waals surface area contributed by atoms with Crippen molar-refractivity contribution < 1.29 is 4.39 Å². The summed E-state index contributed by atoms with van der Waals surface area (Å²) in [7, 11) is 0. The Morgan fingerprint density at radius 1 is 1.00 bits per heavy atom. The molecule has 0 atom stereocenters. The number of hydrogen-bond acceptors (Lipinski definition) is 2. The molecule has 0 spiro atoms. The molecule has 0 saturated carbocycles. The highest BCUT2D eigenvalue weighted by Gasteiger charge is 2.03. The first-order chi connectivity index (χ1) is 10.6. The van der Waals surface area contributed by atoms with Crippen LogP contribution in [0.5, 0.6) is 0 Å². The molecule has 0 amide bonds. The molecule has 1 nitrogen and oxygen atoms in total. The quantitative estimate of drug-likeness (QED) is 0.531. The fraction of sp³-hybridized carbons (Fsp3) is 0. The average Bonchev–Trinajstić information content (AvgIpc) is 2.96. The maximum absolute atomic E-state index is 12.9. The van der Waals surface area contributed by atoms with Crippen molar-refractivity contribution in [2.45, 2.75) is 0 Å². The van der Waals surface area contributed by atoms with E-state index < -0.39 is 0 Å². The second kappa shape index (κ2) is 6.61. The predicted molar refractivity (Wildman–Crippen MR) is 92.9 cm³/mol. The van der Waals surface area contributed by atoms with E-state index in [9.17, 15) is 4.39 Å². The van der Waals surface area contributed by atoms with Crippen LogP contribution in [0.25, 0.3) is 23.4 Å². The molecule has 0 radical (unpaired) electrons. The lowest BCUT2D eigenvalue weighted by atomic mass is 10.2. The lowest BCUT2D eigenvalue weighted by molar-refractivity contribution is 0.628. The molecule has 1 aromatic heterocycles. The second-order valence-corrected chi connectivity index (χ2v) is 6.31. The van der Waals surface area contributed by atoms with Crippen LogP contribution in [-0.2, 0) is 0 Å². The van der Waals surface area contributed by atoms with Crippen LogP contribution in [0, 0.1) is 5.82 Å². The first-order valence-corrected chi connectivity index (χ1v) is 8.10. The van der Waals surface area contributed by atoms with Gasteiger partial charge >= 0.3 is 0 Å². The highest BCUT2D eigenvalue weighted by atomic mass is 35.5. The molecule has 5 heteroatoms. The number of thiazole rings is 1. The second-order valence-electron chi connectivity index (χ2n) is 4.58. The van der Waals surface area contributed by atoms with Gasteiger partial charge in [0.15, 0.2) is 0 Å². The van der Waals surface area contributed by atoms with Crippen molar-refractivity contribution in [3.63, 3.8) is 0 Å². The van der Waals surface area contributed by atoms with Gasteiger partial charge in [-0.3, -0.25) is 0 Å². The normalized spacial score (nSPS) is 11.2. The van der Waals surface area contributed by atoms with E-state index in [1.165, 1.54) is 23.5 Å². The Hall–Kier alpha value is -1.68. The van der Waals surface area contributed by atoms with E-state index >= 15 is 0 Å². The molecule has 1 heterocycles. The summed E-state index contributed by atoms with van der Waals surface area (Å²) in [6.45, 7) is 0. The van der Waals surface area contributed by atoms with E-state index in [1.807, 2.05) is 23.6 Å². The Morgan fingerprint density at radius 3 is 2.50 bits per heavy atom. The van der Waals surface area contributed by atoms with Crippen molar-refractivity contribution in [3.8, 4) is 11.3 Å². The Morgan fingerprint density at radius 2 is 1.77 bits per heavy atom. The van der Waals surface area contributed by atoms with Gasteiger partial charge in [-0.15, -0.1) is 11.3 Å². The van der Waals surface area contributed by atoms with E-state index in [0.29, 0.717) is 10.0 Å². The Balaban J connectivity index is 1.82. The van der Waals surface area contributed by atoms with Crippen molar-refractivity contribution >= 4 is 46.7 Å². The van der Waals surface area contributed by atoms with Crippen molar-refractivity contribution in [2.75, 3.05) is 0 Å². The SMILES string of the molecule is Fc1ccc(-c2csc(C=Cc3ccc(Cl)cc3Cl)n2)cc1. The summed E-state index contributed by atoms with van der Waals surface area (Å²) in [6, 6.07) is 11.6.